The van der Waals surface area contributed by atoms with E-state index in [4.69, 9.17) is 5.73 Å². The molecule has 1 aromatic carbocycles. The molecule has 2 rings (SSSR count). The molecule has 1 saturated carbocycles. The number of hydrogen-bond donors (Lipinski definition) is 1. The van der Waals surface area contributed by atoms with Crippen LogP contribution >= 0.6 is 0 Å². The topological polar surface area (TPSA) is 26.0 Å². The number of hydrogen-bond acceptors (Lipinski definition) is 1. The Morgan fingerprint density at radius 2 is 1.75 bits per heavy atom. The van der Waals surface area contributed by atoms with Crippen LogP contribution in [0.25, 0.3) is 0 Å². The van der Waals surface area contributed by atoms with E-state index in [1.165, 1.54) is 0 Å². The van der Waals surface area contributed by atoms with Gasteiger partial charge in [-0.3, -0.25) is 0 Å². The van der Waals surface area contributed by atoms with E-state index < -0.39 is 11.7 Å². The fourth-order valence-electron chi connectivity index (χ4n) is 2.03. The van der Waals surface area contributed by atoms with Crippen molar-refractivity contribution in [3.63, 3.8) is 0 Å². The van der Waals surface area contributed by atoms with Gasteiger partial charge in [0.15, 0.2) is 0 Å². The summed E-state index contributed by atoms with van der Waals surface area (Å²) in [5.41, 5.74) is 6.07. The zero-order chi connectivity index (χ0) is 11.9. The van der Waals surface area contributed by atoms with Gasteiger partial charge in [0, 0.05) is 6.04 Å². The van der Waals surface area contributed by atoms with Gasteiger partial charge >= 0.3 is 6.18 Å². The van der Waals surface area contributed by atoms with Crippen molar-refractivity contribution in [3.05, 3.63) is 35.4 Å². The molecule has 1 aliphatic rings. The van der Waals surface area contributed by atoms with Crippen LogP contribution in [0.5, 0.6) is 0 Å². The fraction of sp³-hybridized carbons (Fsp3) is 0.500. The van der Waals surface area contributed by atoms with Crippen molar-refractivity contribution in [1.29, 1.82) is 0 Å². The molecule has 0 radical (unpaired) electrons. The lowest BCUT2D eigenvalue weighted by molar-refractivity contribution is -0.137. The van der Waals surface area contributed by atoms with Crippen LogP contribution < -0.4 is 5.73 Å². The summed E-state index contributed by atoms with van der Waals surface area (Å²) in [5, 5.41) is 0. The van der Waals surface area contributed by atoms with Crippen LogP contribution in [0.2, 0.25) is 0 Å². The van der Waals surface area contributed by atoms with Crippen molar-refractivity contribution in [3.8, 4) is 0 Å². The molecule has 1 fully saturated rings. The van der Waals surface area contributed by atoms with E-state index in [1.54, 1.807) is 12.1 Å². The van der Waals surface area contributed by atoms with Crippen molar-refractivity contribution in [1.82, 2.24) is 0 Å². The Morgan fingerprint density at radius 1 is 1.25 bits per heavy atom. The average Bonchev–Trinajstić information content (AvgIpc) is 2.93. The highest BCUT2D eigenvalue weighted by atomic mass is 19.4. The maximum Gasteiger partial charge on any atom is 0.416 e. The first-order valence-electron chi connectivity index (χ1n) is 5.32. The van der Waals surface area contributed by atoms with Crippen molar-refractivity contribution in [2.45, 2.75) is 31.5 Å². The second-order valence-corrected chi connectivity index (χ2v) is 4.47. The molecule has 0 heterocycles. The first-order chi connectivity index (χ1) is 7.39. The molecule has 2 N–H and O–H groups in total. The van der Waals surface area contributed by atoms with Crippen molar-refractivity contribution >= 4 is 0 Å². The molecule has 88 valence electrons. The molecular formula is C12H14F3N. The Morgan fingerprint density at radius 3 is 2.12 bits per heavy atom. The minimum absolute atomic E-state index is 0.220. The summed E-state index contributed by atoms with van der Waals surface area (Å²) in [6.07, 6.45) is -3.28. The third-order valence-corrected chi connectivity index (χ3v) is 3.30. The van der Waals surface area contributed by atoms with Gasteiger partial charge in [0.1, 0.15) is 0 Å². The van der Waals surface area contributed by atoms with Crippen LogP contribution in [0.15, 0.2) is 24.3 Å². The maximum atomic E-state index is 12.3. The first kappa shape index (κ1) is 11.5. The fourth-order valence-corrected chi connectivity index (χ4v) is 2.03. The molecule has 3 unspecified atom stereocenters. The molecule has 4 heteroatoms. The van der Waals surface area contributed by atoms with Gasteiger partial charge in [-0.25, -0.2) is 0 Å². The summed E-state index contributed by atoms with van der Waals surface area (Å²) in [7, 11) is 0. The van der Waals surface area contributed by atoms with Crippen LogP contribution in [-0.4, -0.2) is 6.04 Å². The SMILES string of the molecule is CC(c1ccc(C(F)(F)F)cc1)C1CC1N. The van der Waals surface area contributed by atoms with Gasteiger partial charge in [0.05, 0.1) is 5.56 Å². The molecule has 0 saturated heterocycles. The molecule has 0 amide bonds. The summed E-state index contributed by atoms with van der Waals surface area (Å²) in [6.45, 7) is 2.01. The molecule has 16 heavy (non-hydrogen) atoms. The van der Waals surface area contributed by atoms with E-state index in [9.17, 15) is 13.2 Å². The lowest BCUT2D eigenvalue weighted by Crippen LogP contribution is -2.08. The lowest BCUT2D eigenvalue weighted by Gasteiger charge is -2.12. The highest BCUT2D eigenvalue weighted by Gasteiger charge is 2.38. The van der Waals surface area contributed by atoms with E-state index in [2.05, 4.69) is 0 Å². The smallest absolute Gasteiger partial charge is 0.327 e. The number of alkyl halides is 3. The highest BCUT2D eigenvalue weighted by molar-refractivity contribution is 5.28. The average molecular weight is 229 g/mol. The van der Waals surface area contributed by atoms with Crippen molar-refractivity contribution < 1.29 is 13.2 Å². The molecule has 1 nitrogen and oxygen atoms in total. The van der Waals surface area contributed by atoms with Gasteiger partial charge in [-0.1, -0.05) is 19.1 Å². The largest absolute Gasteiger partial charge is 0.416 e. The summed E-state index contributed by atoms with van der Waals surface area (Å²) < 4.78 is 37.0. The zero-order valence-electron chi connectivity index (χ0n) is 8.96. The Kier molecular flexibility index (Phi) is 2.70. The predicted molar refractivity (Wildman–Crippen MR) is 55.9 cm³/mol. The van der Waals surface area contributed by atoms with Crippen molar-refractivity contribution in [2.75, 3.05) is 0 Å². The third-order valence-electron chi connectivity index (χ3n) is 3.30. The van der Waals surface area contributed by atoms with Gasteiger partial charge in [0.25, 0.3) is 0 Å². The molecule has 0 aromatic heterocycles. The standard InChI is InChI=1S/C12H14F3N/c1-7(10-6-11(10)16)8-2-4-9(5-3-8)12(13,14)15/h2-5,7,10-11H,6,16H2,1H3. The van der Waals surface area contributed by atoms with Gasteiger partial charge in [-0.05, 0) is 36.0 Å². The maximum absolute atomic E-state index is 12.3. The normalized spacial score (nSPS) is 26.6. The van der Waals surface area contributed by atoms with Gasteiger partial charge in [-0.15, -0.1) is 0 Å². The van der Waals surface area contributed by atoms with E-state index >= 15 is 0 Å². The van der Waals surface area contributed by atoms with E-state index in [0.29, 0.717) is 5.92 Å². The monoisotopic (exact) mass is 229 g/mol. The Hall–Kier alpha value is -1.03. The molecule has 0 aliphatic heterocycles. The molecule has 0 bridgehead atoms. The number of rotatable bonds is 2. The minimum atomic E-state index is -4.25. The quantitative estimate of drug-likeness (QED) is 0.828. The molecular weight excluding hydrogens is 215 g/mol. The second-order valence-electron chi connectivity index (χ2n) is 4.47. The Balaban J connectivity index is 2.13. The van der Waals surface area contributed by atoms with Crippen LogP contribution in [0.1, 0.15) is 30.4 Å². The van der Waals surface area contributed by atoms with Crippen LogP contribution in [-0.2, 0) is 6.18 Å². The minimum Gasteiger partial charge on any atom is -0.327 e. The van der Waals surface area contributed by atoms with Crippen LogP contribution in [0.3, 0.4) is 0 Å². The summed E-state index contributed by atoms with van der Waals surface area (Å²) in [6, 6.07) is 5.61. The van der Waals surface area contributed by atoms with Gasteiger partial charge < -0.3 is 5.73 Å². The van der Waals surface area contributed by atoms with Gasteiger partial charge in [-0.2, -0.15) is 13.2 Å². The molecule has 3 atom stereocenters. The Labute approximate surface area is 92.5 Å². The lowest BCUT2D eigenvalue weighted by atomic mass is 9.95. The second kappa shape index (κ2) is 3.77. The van der Waals surface area contributed by atoms with E-state index in [-0.39, 0.29) is 12.0 Å². The number of halogens is 3. The highest BCUT2D eigenvalue weighted by Crippen LogP contribution is 2.41. The Bertz CT molecular complexity index is 369. The number of nitrogens with two attached hydrogens (primary N) is 1. The third kappa shape index (κ3) is 2.21. The summed E-state index contributed by atoms with van der Waals surface area (Å²) >= 11 is 0. The van der Waals surface area contributed by atoms with Crippen LogP contribution in [0.4, 0.5) is 13.2 Å². The molecule has 1 aromatic rings. The van der Waals surface area contributed by atoms with Crippen molar-refractivity contribution in [2.24, 2.45) is 11.7 Å². The summed E-state index contributed by atoms with van der Waals surface area (Å²) in [5.74, 6) is 0.675. The first-order valence-corrected chi connectivity index (χ1v) is 5.32. The van der Waals surface area contributed by atoms with E-state index in [1.807, 2.05) is 6.92 Å². The van der Waals surface area contributed by atoms with Gasteiger partial charge in [0.2, 0.25) is 0 Å². The van der Waals surface area contributed by atoms with E-state index in [0.717, 1.165) is 24.1 Å². The summed E-state index contributed by atoms with van der Waals surface area (Å²) in [4.78, 5) is 0. The predicted octanol–water partition coefficient (Wildman–Crippen LogP) is 3.16. The van der Waals surface area contributed by atoms with Crippen LogP contribution in [0, 0.1) is 5.92 Å². The zero-order valence-corrected chi connectivity index (χ0v) is 8.96. The molecule has 1 aliphatic carbocycles. The number of benzene rings is 1. The molecule has 0 spiro atoms.